The maximum absolute atomic E-state index is 12.0. The summed E-state index contributed by atoms with van der Waals surface area (Å²) >= 11 is 9.62. The number of hydrogen-bond acceptors (Lipinski definition) is 3. The molecule has 6 heteroatoms. The molecular formula is C18H20BrClN2O2. The van der Waals surface area contributed by atoms with Crippen LogP contribution in [-0.2, 0) is 4.79 Å². The molecule has 1 unspecified atom stereocenters. The summed E-state index contributed by atoms with van der Waals surface area (Å²) in [6, 6.07) is 15.0. The second-order valence-electron chi connectivity index (χ2n) is 5.55. The molecule has 0 bridgehead atoms. The van der Waals surface area contributed by atoms with Crippen molar-refractivity contribution in [3.05, 3.63) is 63.6 Å². The third-order valence-electron chi connectivity index (χ3n) is 3.56. The van der Waals surface area contributed by atoms with Crippen molar-refractivity contribution < 1.29 is 9.53 Å². The molecule has 1 atom stereocenters. The van der Waals surface area contributed by atoms with E-state index in [1.807, 2.05) is 67.5 Å². The van der Waals surface area contributed by atoms with Crippen LogP contribution < -0.4 is 10.1 Å². The number of nitrogens with one attached hydrogen (secondary N) is 1. The number of ether oxygens (including phenoxy) is 1. The first kappa shape index (κ1) is 18.8. The van der Waals surface area contributed by atoms with Gasteiger partial charge in [-0.05, 0) is 50.0 Å². The Morgan fingerprint density at radius 2 is 1.88 bits per heavy atom. The molecule has 2 aromatic carbocycles. The molecule has 0 heterocycles. The molecule has 0 aliphatic heterocycles. The van der Waals surface area contributed by atoms with Crippen LogP contribution in [0.2, 0.25) is 5.02 Å². The van der Waals surface area contributed by atoms with Gasteiger partial charge in [0.25, 0.3) is 5.91 Å². The first-order valence-electron chi connectivity index (χ1n) is 7.53. The summed E-state index contributed by atoms with van der Waals surface area (Å²) in [7, 11) is 3.91. The third kappa shape index (κ3) is 5.51. The molecule has 0 saturated carbocycles. The Morgan fingerprint density at radius 3 is 2.50 bits per heavy atom. The molecule has 128 valence electrons. The van der Waals surface area contributed by atoms with Crippen molar-refractivity contribution in [3.8, 4) is 5.75 Å². The number of hydrogen-bond donors (Lipinski definition) is 1. The van der Waals surface area contributed by atoms with Crippen LogP contribution in [0.5, 0.6) is 5.75 Å². The van der Waals surface area contributed by atoms with Gasteiger partial charge in [0.05, 0.1) is 6.04 Å². The van der Waals surface area contributed by atoms with Gasteiger partial charge >= 0.3 is 0 Å². The zero-order chi connectivity index (χ0) is 17.5. The molecule has 1 N–H and O–H groups in total. The van der Waals surface area contributed by atoms with Crippen LogP contribution in [0.3, 0.4) is 0 Å². The summed E-state index contributed by atoms with van der Waals surface area (Å²) in [5.41, 5.74) is 0.985. The molecule has 2 aromatic rings. The first-order chi connectivity index (χ1) is 11.5. The molecule has 0 saturated heterocycles. The SMILES string of the molecule is CN(C)C(CNC(=O)COc1ccc(Br)cc1)c1ccccc1Cl. The smallest absolute Gasteiger partial charge is 0.258 e. The highest BCUT2D eigenvalue weighted by Crippen LogP contribution is 2.25. The van der Waals surface area contributed by atoms with Gasteiger partial charge in [-0.2, -0.15) is 0 Å². The van der Waals surface area contributed by atoms with Crippen molar-refractivity contribution in [2.45, 2.75) is 6.04 Å². The second kappa shape index (κ2) is 9.06. The Bertz CT molecular complexity index is 677. The van der Waals surface area contributed by atoms with E-state index in [9.17, 15) is 4.79 Å². The van der Waals surface area contributed by atoms with Crippen molar-refractivity contribution in [1.82, 2.24) is 10.2 Å². The maximum Gasteiger partial charge on any atom is 0.258 e. The summed E-state index contributed by atoms with van der Waals surface area (Å²) in [6.45, 7) is 0.434. The highest BCUT2D eigenvalue weighted by Gasteiger charge is 2.17. The molecule has 0 spiro atoms. The predicted molar refractivity (Wildman–Crippen MR) is 101 cm³/mol. The van der Waals surface area contributed by atoms with E-state index < -0.39 is 0 Å². The fourth-order valence-electron chi connectivity index (χ4n) is 2.26. The normalized spacial score (nSPS) is 12.0. The Balaban J connectivity index is 1.88. The van der Waals surface area contributed by atoms with Crippen LogP contribution in [-0.4, -0.2) is 38.1 Å². The Hall–Kier alpha value is -1.56. The fraction of sp³-hybridized carbons (Fsp3) is 0.278. The minimum atomic E-state index is -0.170. The minimum absolute atomic E-state index is 0.00432. The third-order valence-corrected chi connectivity index (χ3v) is 4.44. The molecule has 4 nitrogen and oxygen atoms in total. The largest absolute Gasteiger partial charge is 0.484 e. The van der Waals surface area contributed by atoms with Crippen LogP contribution in [0.15, 0.2) is 53.0 Å². The quantitative estimate of drug-likeness (QED) is 0.751. The number of nitrogens with zero attached hydrogens (tertiary/aromatic N) is 1. The summed E-state index contributed by atoms with van der Waals surface area (Å²) < 4.78 is 6.44. The highest BCUT2D eigenvalue weighted by atomic mass is 79.9. The molecule has 1 amide bonds. The van der Waals surface area contributed by atoms with Crippen LogP contribution in [0, 0.1) is 0 Å². The van der Waals surface area contributed by atoms with E-state index in [0.717, 1.165) is 10.0 Å². The molecule has 0 aromatic heterocycles. The maximum atomic E-state index is 12.0. The molecule has 0 fully saturated rings. The van der Waals surface area contributed by atoms with Gasteiger partial charge in [-0.3, -0.25) is 4.79 Å². The van der Waals surface area contributed by atoms with E-state index >= 15 is 0 Å². The van der Waals surface area contributed by atoms with Crippen molar-refractivity contribution in [3.63, 3.8) is 0 Å². The second-order valence-corrected chi connectivity index (χ2v) is 6.87. The summed E-state index contributed by atoms with van der Waals surface area (Å²) in [5.74, 6) is 0.487. The number of halogens is 2. The lowest BCUT2D eigenvalue weighted by atomic mass is 10.1. The highest BCUT2D eigenvalue weighted by molar-refractivity contribution is 9.10. The number of benzene rings is 2. The minimum Gasteiger partial charge on any atom is -0.484 e. The average molecular weight is 412 g/mol. The van der Waals surface area contributed by atoms with E-state index in [1.54, 1.807) is 0 Å². The molecule has 0 aliphatic rings. The van der Waals surface area contributed by atoms with Gasteiger partial charge in [-0.15, -0.1) is 0 Å². The van der Waals surface area contributed by atoms with Crippen molar-refractivity contribution in [2.75, 3.05) is 27.2 Å². The van der Waals surface area contributed by atoms with E-state index in [-0.39, 0.29) is 18.6 Å². The van der Waals surface area contributed by atoms with Crippen molar-refractivity contribution in [1.29, 1.82) is 0 Å². The number of carbonyl (C=O) groups excluding carboxylic acids is 1. The Morgan fingerprint density at radius 1 is 1.21 bits per heavy atom. The van der Waals surface area contributed by atoms with Gasteiger partial charge in [-0.1, -0.05) is 45.7 Å². The summed E-state index contributed by atoms with van der Waals surface area (Å²) in [6.07, 6.45) is 0. The summed E-state index contributed by atoms with van der Waals surface area (Å²) in [4.78, 5) is 14.1. The standard InChI is InChI=1S/C18H20BrClN2O2/c1-22(2)17(15-5-3-4-6-16(15)20)11-21-18(23)12-24-14-9-7-13(19)8-10-14/h3-10,17H,11-12H2,1-2H3,(H,21,23). The van der Waals surface area contributed by atoms with Gasteiger partial charge < -0.3 is 15.0 Å². The number of likely N-dealkylation sites (N-methyl/N-ethyl adjacent to an activating group) is 1. The zero-order valence-corrected chi connectivity index (χ0v) is 16.0. The lowest BCUT2D eigenvalue weighted by Gasteiger charge is -2.26. The van der Waals surface area contributed by atoms with Crippen molar-refractivity contribution >= 4 is 33.4 Å². The van der Waals surface area contributed by atoms with E-state index in [0.29, 0.717) is 17.3 Å². The topological polar surface area (TPSA) is 41.6 Å². The van der Waals surface area contributed by atoms with E-state index in [2.05, 4.69) is 21.2 Å². The molecule has 24 heavy (non-hydrogen) atoms. The van der Waals surface area contributed by atoms with Gasteiger partial charge in [-0.25, -0.2) is 0 Å². The average Bonchev–Trinajstić information content (AvgIpc) is 2.56. The van der Waals surface area contributed by atoms with Crippen LogP contribution >= 0.6 is 27.5 Å². The van der Waals surface area contributed by atoms with Crippen LogP contribution in [0.4, 0.5) is 0 Å². The monoisotopic (exact) mass is 410 g/mol. The zero-order valence-electron chi connectivity index (χ0n) is 13.6. The number of carbonyl (C=O) groups is 1. The van der Waals surface area contributed by atoms with Crippen LogP contribution in [0.1, 0.15) is 11.6 Å². The molecule has 0 radical (unpaired) electrons. The Kier molecular flexibility index (Phi) is 7.09. The molecule has 0 aliphatic carbocycles. The lowest BCUT2D eigenvalue weighted by Crippen LogP contribution is -2.37. The number of amides is 1. The summed E-state index contributed by atoms with van der Waals surface area (Å²) in [5, 5.41) is 3.59. The Labute approximate surface area is 155 Å². The van der Waals surface area contributed by atoms with E-state index in [4.69, 9.17) is 16.3 Å². The van der Waals surface area contributed by atoms with Gasteiger partial charge in [0.1, 0.15) is 5.75 Å². The fourth-order valence-corrected chi connectivity index (χ4v) is 2.78. The van der Waals surface area contributed by atoms with Crippen LogP contribution in [0.25, 0.3) is 0 Å². The van der Waals surface area contributed by atoms with Gasteiger partial charge in [0.15, 0.2) is 6.61 Å². The molecule has 2 rings (SSSR count). The number of rotatable bonds is 7. The molecular weight excluding hydrogens is 392 g/mol. The lowest BCUT2D eigenvalue weighted by molar-refractivity contribution is -0.123. The first-order valence-corrected chi connectivity index (χ1v) is 8.70. The van der Waals surface area contributed by atoms with Crippen molar-refractivity contribution in [2.24, 2.45) is 0 Å². The van der Waals surface area contributed by atoms with Gasteiger partial charge in [0, 0.05) is 16.0 Å². The van der Waals surface area contributed by atoms with E-state index in [1.165, 1.54) is 0 Å². The predicted octanol–water partition coefficient (Wildman–Crippen LogP) is 3.90. The van der Waals surface area contributed by atoms with Gasteiger partial charge in [0.2, 0.25) is 0 Å².